The molecular weight excluding hydrogens is 324 g/mol. The van der Waals surface area contributed by atoms with Crippen LogP contribution >= 0.6 is 11.6 Å². The standard InChI is InChI=1S/C19H21ClN2O2/c1-13-6-7-14(12-16(13)20)19(24)21-17-4-2-3-5-18(17)22-10-8-15(23)9-11-22/h2-7,12,15,23H,8-11H2,1H3,(H,21,24). The number of benzene rings is 2. The molecule has 0 bridgehead atoms. The second-order valence-corrected chi connectivity index (χ2v) is 6.56. The Balaban J connectivity index is 1.80. The van der Waals surface area contributed by atoms with Gasteiger partial charge < -0.3 is 15.3 Å². The average molecular weight is 345 g/mol. The Kier molecular flexibility index (Phi) is 5.07. The van der Waals surface area contributed by atoms with Gasteiger partial charge in [0.05, 0.1) is 17.5 Å². The number of piperidine rings is 1. The quantitative estimate of drug-likeness (QED) is 0.888. The molecule has 24 heavy (non-hydrogen) atoms. The van der Waals surface area contributed by atoms with Gasteiger partial charge in [0, 0.05) is 23.7 Å². The number of hydrogen-bond donors (Lipinski definition) is 2. The molecule has 3 rings (SSSR count). The Bertz CT molecular complexity index is 740. The smallest absolute Gasteiger partial charge is 0.255 e. The highest BCUT2D eigenvalue weighted by molar-refractivity contribution is 6.31. The zero-order chi connectivity index (χ0) is 17.1. The third-order valence-corrected chi connectivity index (χ3v) is 4.80. The summed E-state index contributed by atoms with van der Waals surface area (Å²) < 4.78 is 0. The van der Waals surface area contributed by atoms with E-state index in [2.05, 4.69) is 10.2 Å². The first-order chi connectivity index (χ1) is 11.5. The summed E-state index contributed by atoms with van der Waals surface area (Å²) in [5.41, 5.74) is 3.24. The highest BCUT2D eigenvalue weighted by atomic mass is 35.5. The van der Waals surface area contributed by atoms with Crippen LogP contribution in [0.3, 0.4) is 0 Å². The predicted molar refractivity (Wildman–Crippen MR) is 98.0 cm³/mol. The third kappa shape index (κ3) is 3.71. The summed E-state index contributed by atoms with van der Waals surface area (Å²) in [5.74, 6) is -0.179. The van der Waals surface area contributed by atoms with Crippen LogP contribution in [-0.4, -0.2) is 30.2 Å². The van der Waals surface area contributed by atoms with Crippen molar-refractivity contribution in [1.29, 1.82) is 0 Å². The molecule has 1 aliphatic heterocycles. The SMILES string of the molecule is Cc1ccc(C(=O)Nc2ccccc2N2CCC(O)CC2)cc1Cl. The van der Waals surface area contributed by atoms with Crippen molar-refractivity contribution >= 4 is 28.9 Å². The van der Waals surface area contributed by atoms with Crippen LogP contribution in [0.5, 0.6) is 0 Å². The van der Waals surface area contributed by atoms with Gasteiger partial charge in [-0.3, -0.25) is 4.79 Å². The second-order valence-electron chi connectivity index (χ2n) is 6.15. The van der Waals surface area contributed by atoms with Crippen molar-refractivity contribution in [1.82, 2.24) is 0 Å². The number of para-hydroxylation sites is 2. The number of aliphatic hydroxyl groups is 1. The number of aliphatic hydroxyl groups excluding tert-OH is 1. The average Bonchev–Trinajstić information content (AvgIpc) is 2.58. The van der Waals surface area contributed by atoms with Crippen molar-refractivity contribution in [3.63, 3.8) is 0 Å². The molecular formula is C19H21ClN2O2. The molecule has 1 heterocycles. The molecule has 0 aromatic heterocycles. The van der Waals surface area contributed by atoms with Crippen molar-refractivity contribution in [2.45, 2.75) is 25.9 Å². The highest BCUT2D eigenvalue weighted by Crippen LogP contribution is 2.29. The van der Waals surface area contributed by atoms with E-state index in [1.54, 1.807) is 12.1 Å². The molecule has 2 aromatic rings. The van der Waals surface area contributed by atoms with Crippen molar-refractivity contribution in [3.05, 3.63) is 58.6 Å². The number of nitrogens with zero attached hydrogens (tertiary/aromatic N) is 1. The fourth-order valence-electron chi connectivity index (χ4n) is 2.89. The number of aryl methyl sites for hydroxylation is 1. The van der Waals surface area contributed by atoms with Crippen LogP contribution in [0.2, 0.25) is 5.02 Å². The number of amides is 1. The third-order valence-electron chi connectivity index (χ3n) is 4.39. The Morgan fingerprint density at radius 2 is 1.92 bits per heavy atom. The number of halogens is 1. The molecule has 1 fully saturated rings. The highest BCUT2D eigenvalue weighted by Gasteiger charge is 2.20. The minimum Gasteiger partial charge on any atom is -0.393 e. The second kappa shape index (κ2) is 7.24. The molecule has 1 saturated heterocycles. The molecule has 1 aliphatic rings. The zero-order valence-corrected chi connectivity index (χ0v) is 14.4. The Labute approximate surface area is 147 Å². The zero-order valence-electron chi connectivity index (χ0n) is 13.6. The number of nitrogens with one attached hydrogen (secondary N) is 1. The van der Waals surface area contributed by atoms with Gasteiger partial charge in [0.25, 0.3) is 5.91 Å². The van der Waals surface area contributed by atoms with E-state index in [1.165, 1.54) is 0 Å². The van der Waals surface area contributed by atoms with Gasteiger partial charge in [0.15, 0.2) is 0 Å². The largest absolute Gasteiger partial charge is 0.393 e. The summed E-state index contributed by atoms with van der Waals surface area (Å²) in [6.07, 6.45) is 1.27. The molecule has 0 unspecified atom stereocenters. The molecule has 0 radical (unpaired) electrons. The van der Waals surface area contributed by atoms with Gasteiger partial charge in [0.2, 0.25) is 0 Å². The molecule has 0 aliphatic carbocycles. The van der Waals surface area contributed by atoms with Crippen molar-refractivity contribution in [3.8, 4) is 0 Å². The van der Waals surface area contributed by atoms with E-state index >= 15 is 0 Å². The van der Waals surface area contributed by atoms with Crippen molar-refractivity contribution < 1.29 is 9.90 Å². The summed E-state index contributed by atoms with van der Waals surface area (Å²) in [4.78, 5) is 14.7. The van der Waals surface area contributed by atoms with Crippen LogP contribution in [0.15, 0.2) is 42.5 Å². The Morgan fingerprint density at radius 1 is 1.21 bits per heavy atom. The molecule has 5 heteroatoms. The number of rotatable bonds is 3. The van der Waals surface area contributed by atoms with E-state index in [-0.39, 0.29) is 12.0 Å². The van der Waals surface area contributed by atoms with E-state index in [0.717, 1.165) is 42.9 Å². The van der Waals surface area contributed by atoms with Crippen molar-refractivity contribution in [2.75, 3.05) is 23.3 Å². The van der Waals surface area contributed by atoms with Crippen LogP contribution in [0, 0.1) is 6.92 Å². The molecule has 0 atom stereocenters. The monoisotopic (exact) mass is 344 g/mol. The first kappa shape index (κ1) is 16.8. The van der Waals surface area contributed by atoms with Gasteiger partial charge in [0.1, 0.15) is 0 Å². The van der Waals surface area contributed by atoms with Gasteiger partial charge in [-0.1, -0.05) is 29.8 Å². The number of carbonyl (C=O) groups is 1. The lowest BCUT2D eigenvalue weighted by Crippen LogP contribution is -2.36. The molecule has 126 valence electrons. The van der Waals surface area contributed by atoms with Crippen LogP contribution < -0.4 is 10.2 Å². The van der Waals surface area contributed by atoms with E-state index in [9.17, 15) is 9.90 Å². The molecule has 2 aromatic carbocycles. The van der Waals surface area contributed by atoms with Gasteiger partial charge in [-0.25, -0.2) is 0 Å². The lowest BCUT2D eigenvalue weighted by atomic mass is 10.1. The number of anilines is 2. The van der Waals surface area contributed by atoms with Gasteiger partial charge in [-0.15, -0.1) is 0 Å². The minimum absolute atomic E-state index is 0.179. The van der Waals surface area contributed by atoms with Gasteiger partial charge in [-0.05, 0) is 49.6 Å². The summed E-state index contributed by atoms with van der Waals surface area (Å²) in [7, 11) is 0. The molecule has 4 nitrogen and oxygen atoms in total. The molecule has 0 spiro atoms. The Hall–Kier alpha value is -2.04. The maximum absolute atomic E-state index is 12.5. The normalized spacial score (nSPS) is 15.4. The summed E-state index contributed by atoms with van der Waals surface area (Å²) >= 11 is 6.12. The topological polar surface area (TPSA) is 52.6 Å². The molecule has 1 amide bonds. The van der Waals surface area contributed by atoms with E-state index < -0.39 is 0 Å². The fraction of sp³-hybridized carbons (Fsp3) is 0.316. The number of hydrogen-bond acceptors (Lipinski definition) is 3. The molecule has 2 N–H and O–H groups in total. The van der Waals surface area contributed by atoms with E-state index in [4.69, 9.17) is 11.6 Å². The predicted octanol–water partition coefficient (Wildman–Crippen LogP) is 3.86. The van der Waals surface area contributed by atoms with Crippen LogP contribution in [0.1, 0.15) is 28.8 Å². The molecule has 0 saturated carbocycles. The van der Waals surface area contributed by atoms with E-state index in [1.807, 2.05) is 37.3 Å². The lowest BCUT2D eigenvalue weighted by Gasteiger charge is -2.32. The maximum atomic E-state index is 12.5. The van der Waals surface area contributed by atoms with Crippen LogP contribution in [-0.2, 0) is 0 Å². The van der Waals surface area contributed by atoms with Crippen LogP contribution in [0.25, 0.3) is 0 Å². The first-order valence-corrected chi connectivity index (χ1v) is 8.52. The maximum Gasteiger partial charge on any atom is 0.255 e. The lowest BCUT2D eigenvalue weighted by molar-refractivity contribution is 0.102. The van der Waals surface area contributed by atoms with Gasteiger partial charge in [-0.2, -0.15) is 0 Å². The van der Waals surface area contributed by atoms with Crippen molar-refractivity contribution in [2.24, 2.45) is 0 Å². The van der Waals surface area contributed by atoms with E-state index in [0.29, 0.717) is 10.6 Å². The summed E-state index contributed by atoms with van der Waals surface area (Å²) in [6, 6.07) is 13.1. The Morgan fingerprint density at radius 3 is 2.62 bits per heavy atom. The summed E-state index contributed by atoms with van der Waals surface area (Å²) in [6.45, 7) is 3.47. The van der Waals surface area contributed by atoms with Crippen LogP contribution in [0.4, 0.5) is 11.4 Å². The van der Waals surface area contributed by atoms with Gasteiger partial charge >= 0.3 is 0 Å². The summed E-state index contributed by atoms with van der Waals surface area (Å²) in [5, 5.41) is 13.2. The minimum atomic E-state index is -0.224. The number of carbonyl (C=O) groups excluding carboxylic acids is 1. The first-order valence-electron chi connectivity index (χ1n) is 8.14. The fourth-order valence-corrected chi connectivity index (χ4v) is 3.07.